The molecule has 0 amide bonds. The highest BCUT2D eigenvalue weighted by atomic mass is 16.5. The number of piperidine rings is 1. The lowest BCUT2D eigenvalue weighted by atomic mass is 9.78. The Bertz CT molecular complexity index is 749. The van der Waals surface area contributed by atoms with Gasteiger partial charge in [-0.05, 0) is 51.1 Å². The van der Waals surface area contributed by atoms with Gasteiger partial charge in [0.25, 0.3) is 0 Å². The molecule has 1 aliphatic heterocycles. The molecule has 5 heteroatoms. The fourth-order valence-corrected chi connectivity index (χ4v) is 4.77. The first-order valence-corrected chi connectivity index (χ1v) is 10.9. The van der Waals surface area contributed by atoms with Crippen LogP contribution in [0.5, 0.6) is 0 Å². The van der Waals surface area contributed by atoms with Crippen LogP contribution in [-0.4, -0.2) is 40.8 Å². The van der Waals surface area contributed by atoms with Gasteiger partial charge in [0.15, 0.2) is 5.82 Å². The molecule has 1 aromatic carbocycles. The zero-order valence-corrected chi connectivity index (χ0v) is 17.3. The van der Waals surface area contributed by atoms with Crippen molar-refractivity contribution in [3.63, 3.8) is 0 Å². The molecular formula is C23H33N3O2. The molecule has 1 unspecified atom stereocenters. The number of aryl methyl sites for hydroxylation is 1. The van der Waals surface area contributed by atoms with E-state index in [9.17, 15) is 0 Å². The van der Waals surface area contributed by atoms with Gasteiger partial charge in [0, 0.05) is 13.2 Å². The second-order valence-corrected chi connectivity index (χ2v) is 8.54. The van der Waals surface area contributed by atoms with Crippen LogP contribution in [0.15, 0.2) is 28.8 Å². The highest BCUT2D eigenvalue weighted by Gasteiger charge is 2.41. The Balaban J connectivity index is 1.47. The number of rotatable bonds is 7. The number of likely N-dealkylation sites (tertiary alicyclic amines) is 1. The molecule has 4 rings (SSSR count). The first-order chi connectivity index (χ1) is 13.7. The number of aromatic nitrogens is 2. The molecule has 152 valence electrons. The number of hydrogen-bond donors (Lipinski definition) is 0. The number of nitrogens with zero attached hydrogens (tertiary/aromatic N) is 3. The molecule has 5 nitrogen and oxygen atoms in total. The monoisotopic (exact) mass is 383 g/mol. The first kappa shape index (κ1) is 19.6. The summed E-state index contributed by atoms with van der Waals surface area (Å²) in [5.74, 6) is 1.61. The van der Waals surface area contributed by atoms with Crippen molar-refractivity contribution in [3.8, 4) is 0 Å². The minimum atomic E-state index is -0.0792. The fourth-order valence-electron chi connectivity index (χ4n) is 4.77. The minimum Gasteiger partial charge on any atom is -0.377 e. The summed E-state index contributed by atoms with van der Waals surface area (Å²) in [6, 6.07) is 8.88. The van der Waals surface area contributed by atoms with Crippen molar-refractivity contribution >= 4 is 0 Å². The lowest BCUT2D eigenvalue weighted by molar-refractivity contribution is -0.00455. The van der Waals surface area contributed by atoms with Gasteiger partial charge < -0.3 is 9.26 Å². The van der Waals surface area contributed by atoms with E-state index in [-0.39, 0.29) is 5.41 Å². The summed E-state index contributed by atoms with van der Waals surface area (Å²) >= 11 is 0. The van der Waals surface area contributed by atoms with E-state index in [0.717, 1.165) is 63.6 Å². The summed E-state index contributed by atoms with van der Waals surface area (Å²) < 4.78 is 11.7. The van der Waals surface area contributed by atoms with Crippen LogP contribution in [0.1, 0.15) is 74.7 Å². The van der Waals surface area contributed by atoms with Crippen molar-refractivity contribution in [1.29, 1.82) is 0 Å². The molecule has 0 spiro atoms. The van der Waals surface area contributed by atoms with Gasteiger partial charge in [-0.25, -0.2) is 0 Å². The van der Waals surface area contributed by atoms with Gasteiger partial charge in [-0.1, -0.05) is 54.8 Å². The standard InChI is InChI=1S/C23H33N3O2/c1-3-15-27-20-7-6-14-26(16-20)17-21-24-22(25-28-21)23(12-4-5-13-23)19-10-8-18(2)9-11-19/h8-11,20H,3-7,12-17H2,1-2H3. The molecule has 0 bridgehead atoms. The van der Waals surface area contributed by atoms with E-state index in [2.05, 4.69) is 48.2 Å². The molecule has 1 saturated carbocycles. The van der Waals surface area contributed by atoms with E-state index in [1.165, 1.54) is 30.4 Å². The van der Waals surface area contributed by atoms with Crippen LogP contribution in [0.4, 0.5) is 0 Å². The maximum atomic E-state index is 5.96. The highest BCUT2D eigenvalue weighted by Crippen LogP contribution is 2.45. The second-order valence-electron chi connectivity index (χ2n) is 8.54. The lowest BCUT2D eigenvalue weighted by Crippen LogP contribution is -2.39. The van der Waals surface area contributed by atoms with Crippen LogP contribution in [0.25, 0.3) is 0 Å². The Hall–Kier alpha value is -1.72. The zero-order chi connectivity index (χ0) is 19.4. The van der Waals surface area contributed by atoms with Crippen molar-refractivity contribution in [2.24, 2.45) is 0 Å². The molecule has 1 aromatic heterocycles. The smallest absolute Gasteiger partial charge is 0.240 e. The number of benzene rings is 1. The van der Waals surface area contributed by atoms with E-state index >= 15 is 0 Å². The topological polar surface area (TPSA) is 51.4 Å². The molecule has 0 radical (unpaired) electrons. The van der Waals surface area contributed by atoms with Crippen molar-refractivity contribution in [3.05, 3.63) is 47.1 Å². The summed E-state index contributed by atoms with van der Waals surface area (Å²) in [6.45, 7) is 7.90. The molecule has 2 heterocycles. The summed E-state index contributed by atoms with van der Waals surface area (Å²) in [5, 5.41) is 4.46. The van der Waals surface area contributed by atoms with E-state index in [4.69, 9.17) is 14.2 Å². The molecule has 0 N–H and O–H groups in total. The second kappa shape index (κ2) is 8.75. The average molecular weight is 384 g/mol. The fraction of sp³-hybridized carbons (Fsp3) is 0.652. The molecule has 28 heavy (non-hydrogen) atoms. The average Bonchev–Trinajstić information content (AvgIpc) is 3.38. The molecule has 1 aliphatic carbocycles. The zero-order valence-electron chi connectivity index (χ0n) is 17.3. The van der Waals surface area contributed by atoms with Crippen molar-refractivity contribution in [1.82, 2.24) is 15.0 Å². The Morgan fingerprint density at radius 1 is 1.18 bits per heavy atom. The van der Waals surface area contributed by atoms with Crippen LogP contribution < -0.4 is 0 Å². The van der Waals surface area contributed by atoms with E-state index in [0.29, 0.717) is 6.10 Å². The lowest BCUT2D eigenvalue weighted by Gasteiger charge is -2.31. The van der Waals surface area contributed by atoms with Crippen LogP contribution in [0.3, 0.4) is 0 Å². The number of ether oxygens (including phenoxy) is 1. The van der Waals surface area contributed by atoms with Crippen LogP contribution in [-0.2, 0) is 16.7 Å². The molecule has 2 aliphatic rings. The third-order valence-electron chi connectivity index (χ3n) is 6.34. The van der Waals surface area contributed by atoms with Gasteiger partial charge in [0.1, 0.15) is 0 Å². The van der Waals surface area contributed by atoms with Crippen LogP contribution in [0, 0.1) is 6.92 Å². The third-order valence-corrected chi connectivity index (χ3v) is 6.34. The van der Waals surface area contributed by atoms with Gasteiger partial charge >= 0.3 is 0 Å². The van der Waals surface area contributed by atoms with Gasteiger partial charge in [-0.3, -0.25) is 4.90 Å². The normalized spacial score (nSPS) is 22.6. The van der Waals surface area contributed by atoms with Gasteiger partial charge in [0.05, 0.1) is 18.1 Å². The third kappa shape index (κ3) is 4.15. The summed E-state index contributed by atoms with van der Waals surface area (Å²) in [4.78, 5) is 7.28. The molecule has 2 fully saturated rings. The number of hydrogen-bond acceptors (Lipinski definition) is 5. The molecule has 1 saturated heterocycles. The van der Waals surface area contributed by atoms with E-state index in [1.807, 2.05) is 0 Å². The van der Waals surface area contributed by atoms with E-state index < -0.39 is 0 Å². The largest absolute Gasteiger partial charge is 0.377 e. The summed E-state index contributed by atoms with van der Waals surface area (Å²) in [5.41, 5.74) is 2.54. The molecule has 1 atom stereocenters. The highest BCUT2D eigenvalue weighted by molar-refractivity contribution is 5.35. The molecular weight excluding hydrogens is 350 g/mol. The predicted octanol–water partition coefficient (Wildman–Crippen LogP) is 4.63. The van der Waals surface area contributed by atoms with Crippen LogP contribution in [0.2, 0.25) is 0 Å². The van der Waals surface area contributed by atoms with Gasteiger partial charge in [0.2, 0.25) is 5.89 Å². The van der Waals surface area contributed by atoms with Crippen LogP contribution >= 0.6 is 0 Å². The van der Waals surface area contributed by atoms with E-state index in [1.54, 1.807) is 0 Å². The molecule has 2 aromatic rings. The maximum absolute atomic E-state index is 5.96. The van der Waals surface area contributed by atoms with Crippen molar-refractivity contribution < 1.29 is 9.26 Å². The summed E-state index contributed by atoms with van der Waals surface area (Å²) in [6.07, 6.45) is 8.39. The van der Waals surface area contributed by atoms with Crippen molar-refractivity contribution in [2.45, 2.75) is 76.9 Å². The predicted molar refractivity (Wildman–Crippen MR) is 109 cm³/mol. The SMILES string of the molecule is CCCOC1CCCN(Cc2nc(C3(c4ccc(C)cc4)CCCC3)no2)C1. The first-order valence-electron chi connectivity index (χ1n) is 10.9. The van der Waals surface area contributed by atoms with Gasteiger partial charge in [-0.15, -0.1) is 0 Å². The van der Waals surface area contributed by atoms with Crippen molar-refractivity contribution in [2.75, 3.05) is 19.7 Å². The Morgan fingerprint density at radius 2 is 1.96 bits per heavy atom. The minimum absolute atomic E-state index is 0.0792. The quantitative estimate of drug-likeness (QED) is 0.698. The maximum Gasteiger partial charge on any atom is 0.240 e. The summed E-state index contributed by atoms with van der Waals surface area (Å²) in [7, 11) is 0. The Labute approximate surface area is 168 Å². The Morgan fingerprint density at radius 3 is 2.71 bits per heavy atom. The van der Waals surface area contributed by atoms with Gasteiger partial charge in [-0.2, -0.15) is 4.98 Å². The Kier molecular flexibility index (Phi) is 6.12.